The third-order valence-corrected chi connectivity index (χ3v) is 2.86. The maximum absolute atomic E-state index is 11.6. The highest BCUT2D eigenvalue weighted by Gasteiger charge is 2.44. The van der Waals surface area contributed by atoms with Gasteiger partial charge in [-0.05, 0) is 19.3 Å². The summed E-state index contributed by atoms with van der Waals surface area (Å²) in [7, 11) is 0. The third kappa shape index (κ3) is 1.72. The fraction of sp³-hybridized carbons (Fsp3) is 0.778. The number of carbonyl (C=O) groups excluding carboxylic acids is 2. The molecule has 0 radical (unpaired) electrons. The van der Waals surface area contributed by atoms with Gasteiger partial charge >= 0.3 is 0 Å². The summed E-state index contributed by atoms with van der Waals surface area (Å²) < 4.78 is 0. The Hall–Kier alpha value is -1.10. The van der Waals surface area contributed by atoms with Crippen molar-refractivity contribution in [2.45, 2.75) is 37.3 Å². The SMILES string of the molecule is O=C1CCC(C(=O)NC2(CO)CC2)N1. The molecule has 3 N–H and O–H groups in total. The first-order chi connectivity index (χ1) is 6.65. The summed E-state index contributed by atoms with van der Waals surface area (Å²) in [6, 6.07) is -0.397. The molecule has 1 atom stereocenters. The summed E-state index contributed by atoms with van der Waals surface area (Å²) in [5.41, 5.74) is -0.385. The highest BCUT2D eigenvalue weighted by Crippen LogP contribution is 2.34. The first-order valence-electron chi connectivity index (χ1n) is 4.87. The monoisotopic (exact) mass is 198 g/mol. The molecule has 5 nitrogen and oxygen atoms in total. The van der Waals surface area contributed by atoms with Crippen LogP contribution in [0.3, 0.4) is 0 Å². The van der Waals surface area contributed by atoms with Crippen LogP contribution in [-0.2, 0) is 9.59 Å². The van der Waals surface area contributed by atoms with E-state index in [1.54, 1.807) is 0 Å². The van der Waals surface area contributed by atoms with Crippen LogP contribution in [0.2, 0.25) is 0 Å². The number of hydrogen-bond acceptors (Lipinski definition) is 3. The Morgan fingerprint density at radius 2 is 2.36 bits per heavy atom. The lowest BCUT2D eigenvalue weighted by Crippen LogP contribution is -2.48. The molecule has 5 heteroatoms. The Morgan fingerprint density at radius 3 is 2.79 bits per heavy atom. The standard InChI is InChI=1S/C9H14N2O3/c12-5-9(3-4-9)11-8(14)6-1-2-7(13)10-6/h6,12H,1-5H2,(H,10,13)(H,11,14). The van der Waals surface area contributed by atoms with Crippen molar-refractivity contribution in [2.75, 3.05) is 6.61 Å². The van der Waals surface area contributed by atoms with Crippen LogP contribution in [0.1, 0.15) is 25.7 Å². The van der Waals surface area contributed by atoms with Crippen molar-refractivity contribution in [3.8, 4) is 0 Å². The number of amides is 2. The van der Waals surface area contributed by atoms with Gasteiger partial charge in [-0.25, -0.2) is 0 Å². The number of hydrogen-bond donors (Lipinski definition) is 3. The molecule has 1 unspecified atom stereocenters. The minimum Gasteiger partial charge on any atom is -0.394 e. The molecule has 1 aliphatic heterocycles. The fourth-order valence-corrected chi connectivity index (χ4v) is 1.63. The molecule has 1 aliphatic carbocycles. The smallest absolute Gasteiger partial charge is 0.243 e. The second-order valence-electron chi connectivity index (χ2n) is 4.09. The van der Waals surface area contributed by atoms with Crippen molar-refractivity contribution in [2.24, 2.45) is 0 Å². The first kappa shape index (κ1) is 9.45. The molecule has 2 amide bonds. The normalized spacial score (nSPS) is 28.4. The van der Waals surface area contributed by atoms with Gasteiger partial charge in [-0.15, -0.1) is 0 Å². The van der Waals surface area contributed by atoms with E-state index in [9.17, 15) is 9.59 Å². The molecule has 78 valence electrons. The van der Waals surface area contributed by atoms with Crippen molar-refractivity contribution >= 4 is 11.8 Å². The van der Waals surface area contributed by atoms with E-state index in [0.717, 1.165) is 12.8 Å². The molecule has 0 aromatic rings. The van der Waals surface area contributed by atoms with Gasteiger partial charge in [0.15, 0.2) is 0 Å². The summed E-state index contributed by atoms with van der Waals surface area (Å²) in [6.07, 6.45) is 2.64. The summed E-state index contributed by atoms with van der Waals surface area (Å²) in [6.45, 7) is -0.0145. The van der Waals surface area contributed by atoms with Crippen LogP contribution < -0.4 is 10.6 Å². The molecule has 0 spiro atoms. The van der Waals surface area contributed by atoms with E-state index in [1.165, 1.54) is 0 Å². The van der Waals surface area contributed by atoms with Crippen molar-refractivity contribution in [3.05, 3.63) is 0 Å². The Morgan fingerprint density at radius 1 is 1.64 bits per heavy atom. The third-order valence-electron chi connectivity index (χ3n) is 2.86. The van der Waals surface area contributed by atoms with Gasteiger partial charge in [0.1, 0.15) is 6.04 Å². The van der Waals surface area contributed by atoms with E-state index in [1.807, 2.05) is 0 Å². The average molecular weight is 198 g/mol. The van der Waals surface area contributed by atoms with Gasteiger partial charge in [0.25, 0.3) is 0 Å². The number of aliphatic hydroxyl groups is 1. The van der Waals surface area contributed by atoms with Crippen molar-refractivity contribution in [1.82, 2.24) is 10.6 Å². The van der Waals surface area contributed by atoms with Crippen LogP contribution in [-0.4, -0.2) is 35.1 Å². The van der Waals surface area contributed by atoms with Gasteiger partial charge in [-0.3, -0.25) is 9.59 Å². The Bertz CT molecular complexity index is 273. The highest BCUT2D eigenvalue weighted by atomic mass is 16.3. The minimum atomic E-state index is -0.397. The van der Waals surface area contributed by atoms with E-state index in [0.29, 0.717) is 12.8 Å². The van der Waals surface area contributed by atoms with E-state index in [4.69, 9.17) is 5.11 Å². The number of carbonyl (C=O) groups is 2. The van der Waals surface area contributed by atoms with Crippen LogP contribution in [0.25, 0.3) is 0 Å². The van der Waals surface area contributed by atoms with Gasteiger partial charge in [-0.1, -0.05) is 0 Å². The zero-order chi connectivity index (χ0) is 10.2. The molecule has 0 bridgehead atoms. The molecule has 0 aromatic heterocycles. The Balaban J connectivity index is 1.87. The van der Waals surface area contributed by atoms with Crippen molar-refractivity contribution in [1.29, 1.82) is 0 Å². The predicted octanol–water partition coefficient (Wildman–Crippen LogP) is -1.09. The lowest BCUT2D eigenvalue weighted by Gasteiger charge is -2.17. The second kappa shape index (κ2) is 3.24. The molecule has 0 aromatic carbocycles. The van der Waals surface area contributed by atoms with E-state index in [2.05, 4.69) is 10.6 Å². The summed E-state index contributed by atoms with van der Waals surface area (Å²) in [4.78, 5) is 22.4. The van der Waals surface area contributed by atoms with E-state index in [-0.39, 0.29) is 24.0 Å². The lowest BCUT2D eigenvalue weighted by atomic mass is 10.2. The molecule has 1 saturated heterocycles. The van der Waals surface area contributed by atoms with E-state index < -0.39 is 6.04 Å². The van der Waals surface area contributed by atoms with Crippen LogP contribution in [0, 0.1) is 0 Å². The predicted molar refractivity (Wildman–Crippen MR) is 48.4 cm³/mol. The van der Waals surface area contributed by atoms with Crippen LogP contribution in [0.5, 0.6) is 0 Å². The maximum atomic E-state index is 11.6. The second-order valence-corrected chi connectivity index (χ2v) is 4.09. The lowest BCUT2D eigenvalue weighted by molar-refractivity contribution is -0.126. The zero-order valence-corrected chi connectivity index (χ0v) is 7.88. The zero-order valence-electron chi connectivity index (χ0n) is 7.88. The van der Waals surface area contributed by atoms with E-state index >= 15 is 0 Å². The minimum absolute atomic E-state index is 0.0145. The van der Waals surface area contributed by atoms with Crippen molar-refractivity contribution in [3.63, 3.8) is 0 Å². The topological polar surface area (TPSA) is 78.4 Å². The van der Waals surface area contributed by atoms with Gasteiger partial charge in [-0.2, -0.15) is 0 Å². The number of rotatable bonds is 3. The fourth-order valence-electron chi connectivity index (χ4n) is 1.63. The highest BCUT2D eigenvalue weighted by molar-refractivity contribution is 5.91. The largest absolute Gasteiger partial charge is 0.394 e. The molecule has 14 heavy (non-hydrogen) atoms. The molecule has 2 rings (SSSR count). The number of aliphatic hydroxyl groups excluding tert-OH is 1. The molecule has 1 heterocycles. The van der Waals surface area contributed by atoms with Crippen LogP contribution >= 0.6 is 0 Å². The molecular formula is C9H14N2O3. The maximum Gasteiger partial charge on any atom is 0.243 e. The molecular weight excluding hydrogens is 184 g/mol. The summed E-state index contributed by atoms with van der Waals surface area (Å²) in [5, 5.41) is 14.4. The van der Waals surface area contributed by atoms with Gasteiger partial charge < -0.3 is 15.7 Å². The quantitative estimate of drug-likeness (QED) is 0.539. The number of nitrogens with one attached hydrogen (secondary N) is 2. The molecule has 2 fully saturated rings. The van der Waals surface area contributed by atoms with Gasteiger partial charge in [0.05, 0.1) is 12.1 Å². The Kier molecular flexibility index (Phi) is 2.19. The average Bonchev–Trinajstić information content (AvgIpc) is 2.80. The van der Waals surface area contributed by atoms with Crippen molar-refractivity contribution < 1.29 is 14.7 Å². The first-order valence-corrected chi connectivity index (χ1v) is 4.87. The van der Waals surface area contributed by atoms with Crippen LogP contribution in [0.4, 0.5) is 0 Å². The molecule has 1 saturated carbocycles. The summed E-state index contributed by atoms with van der Waals surface area (Å²) in [5.74, 6) is -0.235. The summed E-state index contributed by atoms with van der Waals surface area (Å²) >= 11 is 0. The van der Waals surface area contributed by atoms with Gasteiger partial charge in [0, 0.05) is 6.42 Å². The van der Waals surface area contributed by atoms with Gasteiger partial charge in [0.2, 0.25) is 11.8 Å². The molecule has 2 aliphatic rings. The Labute approximate surface area is 81.9 Å². The van der Waals surface area contributed by atoms with Crippen LogP contribution in [0.15, 0.2) is 0 Å².